The zero-order valence-electron chi connectivity index (χ0n) is 12.0. The summed E-state index contributed by atoms with van der Waals surface area (Å²) in [6.45, 7) is 8.02. The first kappa shape index (κ1) is 14.0. The zero-order valence-corrected chi connectivity index (χ0v) is 12.0. The van der Waals surface area contributed by atoms with Gasteiger partial charge >= 0.3 is 0 Å². The molecule has 1 heterocycles. The lowest BCUT2D eigenvalue weighted by Gasteiger charge is -2.31. The van der Waals surface area contributed by atoms with E-state index in [1.165, 1.54) is 5.56 Å². The topological polar surface area (TPSA) is 18.5 Å². The summed E-state index contributed by atoms with van der Waals surface area (Å²) in [4.78, 5) is 0. The Morgan fingerprint density at radius 2 is 2.26 bits per heavy atom. The molecule has 1 aromatic carbocycles. The Morgan fingerprint density at radius 1 is 1.47 bits per heavy atom. The molecule has 0 N–H and O–H groups in total. The van der Waals surface area contributed by atoms with Gasteiger partial charge in [0.25, 0.3) is 0 Å². The molecule has 0 saturated heterocycles. The molecule has 0 spiro atoms. The highest BCUT2D eigenvalue weighted by Gasteiger charge is 2.28. The number of hydrogen-bond donors (Lipinski definition) is 0. The number of ether oxygens (including phenoxy) is 2. The molecule has 1 aliphatic rings. The largest absolute Gasteiger partial charge is 0.491 e. The van der Waals surface area contributed by atoms with E-state index in [4.69, 9.17) is 15.9 Å². The van der Waals surface area contributed by atoms with E-state index in [1.54, 1.807) is 0 Å². The Hall–Kier alpha value is -1.46. The van der Waals surface area contributed by atoms with Crippen molar-refractivity contribution in [2.75, 3.05) is 13.2 Å². The lowest BCUT2D eigenvalue weighted by molar-refractivity contribution is -0.00827. The maximum Gasteiger partial charge on any atom is 0.124 e. The maximum absolute atomic E-state index is 5.95. The van der Waals surface area contributed by atoms with Crippen molar-refractivity contribution in [2.45, 2.75) is 39.2 Å². The number of fused-ring (bicyclic) bond motifs is 1. The van der Waals surface area contributed by atoms with Gasteiger partial charge in [0, 0.05) is 18.1 Å². The summed E-state index contributed by atoms with van der Waals surface area (Å²) < 4.78 is 11.7. The molecule has 2 nitrogen and oxygen atoms in total. The van der Waals surface area contributed by atoms with Gasteiger partial charge in [0.1, 0.15) is 12.4 Å². The lowest BCUT2D eigenvalue weighted by atomic mass is 9.91. The predicted molar refractivity (Wildman–Crippen MR) is 77.5 cm³/mol. The molecule has 0 bridgehead atoms. The summed E-state index contributed by atoms with van der Waals surface area (Å²) in [5, 5.41) is 0. The van der Waals surface area contributed by atoms with E-state index < -0.39 is 0 Å². The molecule has 19 heavy (non-hydrogen) atoms. The Kier molecular flexibility index (Phi) is 4.50. The summed E-state index contributed by atoms with van der Waals surface area (Å²) in [5.74, 6) is 4.57. The Bertz CT molecular complexity index is 471. The van der Waals surface area contributed by atoms with Crippen LogP contribution in [0.1, 0.15) is 44.2 Å². The van der Waals surface area contributed by atoms with E-state index in [0.717, 1.165) is 24.3 Å². The van der Waals surface area contributed by atoms with Crippen molar-refractivity contribution in [3.05, 3.63) is 29.3 Å². The van der Waals surface area contributed by atoms with Crippen LogP contribution in [-0.4, -0.2) is 19.3 Å². The van der Waals surface area contributed by atoms with E-state index in [1.807, 2.05) is 12.1 Å². The first-order valence-electron chi connectivity index (χ1n) is 6.96. The minimum Gasteiger partial charge on any atom is -0.491 e. The molecule has 0 amide bonds. The van der Waals surface area contributed by atoms with Gasteiger partial charge in [-0.15, -0.1) is 6.42 Å². The number of hydrogen-bond acceptors (Lipinski definition) is 2. The smallest absolute Gasteiger partial charge is 0.124 e. The van der Waals surface area contributed by atoms with Gasteiger partial charge in [-0.25, -0.2) is 0 Å². The van der Waals surface area contributed by atoms with E-state index in [2.05, 4.69) is 32.8 Å². The van der Waals surface area contributed by atoms with Crippen LogP contribution >= 0.6 is 0 Å². The molecule has 0 radical (unpaired) electrons. The minimum atomic E-state index is 0.142. The molecule has 0 aliphatic carbocycles. The number of rotatable bonds is 4. The summed E-state index contributed by atoms with van der Waals surface area (Å²) in [6, 6.07) is 5.97. The standard InChI is InChI=1S/C17H22O2/c1-5-14-6-7-15-13(4)17(11-19-16(15)10-14)18-9-8-12(2)3/h1,6-7,10,12-13,17H,8-9,11H2,2-4H3/t13-,17+/m0/s1. The van der Waals surface area contributed by atoms with E-state index in [-0.39, 0.29) is 6.10 Å². The fraction of sp³-hybridized carbons (Fsp3) is 0.529. The van der Waals surface area contributed by atoms with Crippen LogP contribution in [0.15, 0.2) is 18.2 Å². The van der Waals surface area contributed by atoms with Crippen LogP contribution in [0.2, 0.25) is 0 Å². The zero-order chi connectivity index (χ0) is 13.8. The maximum atomic E-state index is 5.95. The highest BCUT2D eigenvalue weighted by molar-refractivity contribution is 5.46. The van der Waals surface area contributed by atoms with E-state index >= 15 is 0 Å². The Morgan fingerprint density at radius 3 is 2.95 bits per heavy atom. The molecule has 102 valence electrons. The first-order chi connectivity index (χ1) is 9.11. The minimum absolute atomic E-state index is 0.142. The van der Waals surface area contributed by atoms with E-state index in [9.17, 15) is 0 Å². The van der Waals surface area contributed by atoms with Crippen LogP contribution in [0.4, 0.5) is 0 Å². The third kappa shape index (κ3) is 3.30. The summed E-state index contributed by atoms with van der Waals surface area (Å²) >= 11 is 0. The van der Waals surface area contributed by atoms with Gasteiger partial charge in [-0.2, -0.15) is 0 Å². The van der Waals surface area contributed by atoms with Gasteiger partial charge in [0.15, 0.2) is 0 Å². The third-order valence-electron chi connectivity index (χ3n) is 3.66. The SMILES string of the molecule is C#Cc1ccc2c(c1)OC[C@@H](OCCC(C)C)[C@H]2C. The van der Waals surface area contributed by atoms with Gasteiger partial charge < -0.3 is 9.47 Å². The molecular weight excluding hydrogens is 236 g/mol. The molecule has 0 saturated carbocycles. The van der Waals surface area contributed by atoms with Crippen molar-refractivity contribution in [3.63, 3.8) is 0 Å². The average molecular weight is 258 g/mol. The summed E-state index contributed by atoms with van der Waals surface area (Å²) in [5.41, 5.74) is 2.06. The van der Waals surface area contributed by atoms with Crippen LogP contribution < -0.4 is 4.74 Å². The highest BCUT2D eigenvalue weighted by atomic mass is 16.5. The van der Waals surface area contributed by atoms with Crippen molar-refractivity contribution in [2.24, 2.45) is 5.92 Å². The fourth-order valence-electron chi connectivity index (χ4n) is 2.29. The van der Waals surface area contributed by atoms with Gasteiger partial charge in [-0.1, -0.05) is 32.8 Å². The molecule has 2 heteroatoms. The van der Waals surface area contributed by atoms with Crippen LogP contribution in [-0.2, 0) is 4.74 Å². The molecule has 1 aliphatic heterocycles. The second-order valence-electron chi connectivity index (χ2n) is 5.59. The molecule has 0 aromatic heterocycles. The predicted octanol–water partition coefficient (Wildman–Crippen LogP) is 3.60. The fourth-order valence-corrected chi connectivity index (χ4v) is 2.29. The van der Waals surface area contributed by atoms with Crippen LogP contribution in [0, 0.1) is 18.3 Å². The summed E-state index contributed by atoms with van der Waals surface area (Å²) in [7, 11) is 0. The van der Waals surface area contributed by atoms with Crippen LogP contribution in [0.5, 0.6) is 5.75 Å². The van der Waals surface area contributed by atoms with Crippen molar-refractivity contribution in [3.8, 4) is 18.1 Å². The number of benzene rings is 1. The van der Waals surface area contributed by atoms with Crippen molar-refractivity contribution in [1.82, 2.24) is 0 Å². The molecular formula is C17H22O2. The van der Waals surface area contributed by atoms with Crippen molar-refractivity contribution in [1.29, 1.82) is 0 Å². The van der Waals surface area contributed by atoms with E-state index in [0.29, 0.717) is 18.4 Å². The monoisotopic (exact) mass is 258 g/mol. The second kappa shape index (κ2) is 6.12. The molecule has 2 rings (SSSR count). The first-order valence-corrected chi connectivity index (χ1v) is 6.96. The second-order valence-corrected chi connectivity index (χ2v) is 5.59. The van der Waals surface area contributed by atoms with Crippen molar-refractivity contribution < 1.29 is 9.47 Å². The normalized spacial score (nSPS) is 21.6. The number of terminal acetylenes is 1. The molecule has 1 aromatic rings. The summed E-state index contributed by atoms with van der Waals surface area (Å²) in [6.07, 6.45) is 6.64. The Balaban J connectivity index is 2.03. The van der Waals surface area contributed by atoms with Gasteiger partial charge in [0.05, 0.1) is 6.10 Å². The van der Waals surface area contributed by atoms with Gasteiger partial charge in [0.2, 0.25) is 0 Å². The van der Waals surface area contributed by atoms with Crippen LogP contribution in [0.25, 0.3) is 0 Å². The lowest BCUT2D eigenvalue weighted by Crippen LogP contribution is -2.32. The highest BCUT2D eigenvalue weighted by Crippen LogP contribution is 2.35. The van der Waals surface area contributed by atoms with Crippen LogP contribution in [0.3, 0.4) is 0 Å². The quantitative estimate of drug-likeness (QED) is 0.768. The molecule has 0 unspecified atom stereocenters. The van der Waals surface area contributed by atoms with Gasteiger partial charge in [-0.3, -0.25) is 0 Å². The van der Waals surface area contributed by atoms with Gasteiger partial charge in [-0.05, 0) is 30.0 Å². The third-order valence-corrected chi connectivity index (χ3v) is 3.66. The molecule has 0 fully saturated rings. The molecule has 2 atom stereocenters. The Labute approximate surface area is 116 Å². The average Bonchev–Trinajstić information content (AvgIpc) is 2.40. The van der Waals surface area contributed by atoms with Crippen molar-refractivity contribution >= 4 is 0 Å².